The maximum Gasteiger partial charge on any atom is 0.251 e. The highest BCUT2D eigenvalue weighted by atomic mass is 16.1. The molecule has 3 N–H and O–H groups in total. The largest absolute Gasteiger partial charge is 0.399 e. The number of nitrogens with two attached hydrogens (primary N) is 1. The summed E-state index contributed by atoms with van der Waals surface area (Å²) in [5.74, 6) is -0.0810. The molecule has 1 amide bonds. The van der Waals surface area contributed by atoms with Gasteiger partial charge in [-0.2, -0.15) is 0 Å². The molecular weight excluding hydrogens is 248 g/mol. The molecule has 2 aromatic rings. The molecule has 0 fully saturated rings. The molecule has 0 aliphatic heterocycles. The van der Waals surface area contributed by atoms with E-state index < -0.39 is 0 Å². The van der Waals surface area contributed by atoms with Crippen LogP contribution in [-0.2, 0) is 12.8 Å². The van der Waals surface area contributed by atoms with Crippen molar-refractivity contribution < 1.29 is 4.79 Å². The van der Waals surface area contributed by atoms with Crippen LogP contribution in [0.5, 0.6) is 0 Å². The molecule has 0 saturated carbocycles. The van der Waals surface area contributed by atoms with E-state index in [1.54, 1.807) is 24.3 Å². The van der Waals surface area contributed by atoms with Gasteiger partial charge in [0.2, 0.25) is 0 Å². The Morgan fingerprint density at radius 3 is 2.45 bits per heavy atom. The lowest BCUT2D eigenvalue weighted by Gasteiger charge is -2.06. The summed E-state index contributed by atoms with van der Waals surface area (Å²) in [5.41, 5.74) is 9.43. The second-order valence-electron chi connectivity index (χ2n) is 4.80. The monoisotopic (exact) mass is 268 g/mol. The second kappa shape index (κ2) is 6.75. The first kappa shape index (κ1) is 14.1. The minimum atomic E-state index is -0.0810. The Kier molecular flexibility index (Phi) is 4.77. The van der Waals surface area contributed by atoms with E-state index in [0.717, 1.165) is 12.8 Å². The van der Waals surface area contributed by atoms with Gasteiger partial charge in [0.15, 0.2) is 0 Å². The lowest BCUT2D eigenvalue weighted by Crippen LogP contribution is -2.25. The van der Waals surface area contributed by atoms with Crippen LogP contribution >= 0.6 is 0 Å². The molecule has 0 radical (unpaired) electrons. The summed E-state index contributed by atoms with van der Waals surface area (Å²) < 4.78 is 0. The van der Waals surface area contributed by atoms with E-state index in [-0.39, 0.29) is 5.91 Å². The molecule has 0 saturated heterocycles. The molecule has 0 heterocycles. The number of benzene rings is 2. The quantitative estimate of drug-likeness (QED) is 0.819. The molecule has 0 aromatic heterocycles. The molecule has 0 unspecified atom stereocenters. The Hall–Kier alpha value is -2.29. The first-order valence-electron chi connectivity index (χ1n) is 6.90. The van der Waals surface area contributed by atoms with E-state index in [4.69, 9.17) is 5.73 Å². The van der Waals surface area contributed by atoms with Crippen molar-refractivity contribution in [2.75, 3.05) is 12.3 Å². The van der Waals surface area contributed by atoms with Gasteiger partial charge in [-0.05, 0) is 42.2 Å². The number of nitrogens with one attached hydrogen (secondary N) is 1. The summed E-state index contributed by atoms with van der Waals surface area (Å²) in [6, 6.07) is 15.5. The lowest BCUT2D eigenvalue weighted by atomic mass is 10.1. The van der Waals surface area contributed by atoms with E-state index in [0.29, 0.717) is 17.8 Å². The number of rotatable bonds is 5. The SMILES string of the molecule is CCc1ccc(CCNC(=O)c2cccc(N)c2)cc1. The number of amides is 1. The van der Waals surface area contributed by atoms with Crippen molar-refractivity contribution in [3.8, 4) is 0 Å². The first-order chi connectivity index (χ1) is 9.69. The van der Waals surface area contributed by atoms with E-state index in [9.17, 15) is 4.79 Å². The van der Waals surface area contributed by atoms with Crippen molar-refractivity contribution in [1.29, 1.82) is 0 Å². The van der Waals surface area contributed by atoms with E-state index >= 15 is 0 Å². The maximum atomic E-state index is 11.9. The smallest absolute Gasteiger partial charge is 0.251 e. The van der Waals surface area contributed by atoms with Crippen LogP contribution in [0.25, 0.3) is 0 Å². The predicted molar refractivity (Wildman–Crippen MR) is 82.7 cm³/mol. The first-order valence-corrected chi connectivity index (χ1v) is 6.90. The summed E-state index contributed by atoms with van der Waals surface area (Å²) in [6.45, 7) is 2.76. The second-order valence-corrected chi connectivity index (χ2v) is 4.80. The molecule has 104 valence electrons. The van der Waals surface area contributed by atoms with Gasteiger partial charge in [-0.3, -0.25) is 4.79 Å². The standard InChI is InChI=1S/C17H20N2O/c1-2-13-6-8-14(9-7-13)10-11-19-17(20)15-4-3-5-16(18)12-15/h3-9,12H,2,10-11,18H2,1H3,(H,19,20). The van der Waals surface area contributed by atoms with Gasteiger partial charge in [0.25, 0.3) is 5.91 Å². The predicted octanol–water partition coefficient (Wildman–Crippen LogP) is 2.80. The topological polar surface area (TPSA) is 55.1 Å². The van der Waals surface area contributed by atoms with Gasteiger partial charge < -0.3 is 11.1 Å². The third-order valence-electron chi connectivity index (χ3n) is 3.28. The van der Waals surface area contributed by atoms with Crippen molar-refractivity contribution in [2.45, 2.75) is 19.8 Å². The average Bonchev–Trinajstić information content (AvgIpc) is 2.48. The van der Waals surface area contributed by atoms with Gasteiger partial charge >= 0.3 is 0 Å². The molecule has 2 rings (SSSR count). The van der Waals surface area contributed by atoms with E-state index in [1.165, 1.54) is 11.1 Å². The third-order valence-corrected chi connectivity index (χ3v) is 3.28. The summed E-state index contributed by atoms with van der Waals surface area (Å²) >= 11 is 0. The minimum Gasteiger partial charge on any atom is -0.399 e. The fraction of sp³-hybridized carbons (Fsp3) is 0.235. The van der Waals surface area contributed by atoms with Crippen LogP contribution in [0.1, 0.15) is 28.4 Å². The van der Waals surface area contributed by atoms with Crippen molar-refractivity contribution in [3.63, 3.8) is 0 Å². The van der Waals surface area contributed by atoms with Crippen molar-refractivity contribution in [3.05, 3.63) is 65.2 Å². The van der Waals surface area contributed by atoms with E-state index in [1.807, 2.05) is 0 Å². The minimum absolute atomic E-state index is 0.0810. The highest BCUT2D eigenvalue weighted by Crippen LogP contribution is 2.07. The zero-order valence-corrected chi connectivity index (χ0v) is 11.7. The number of carbonyl (C=O) groups excluding carboxylic acids is 1. The number of hydrogen-bond acceptors (Lipinski definition) is 2. The van der Waals surface area contributed by atoms with Crippen LogP contribution in [0.15, 0.2) is 48.5 Å². The highest BCUT2D eigenvalue weighted by molar-refractivity contribution is 5.94. The Morgan fingerprint density at radius 2 is 1.80 bits per heavy atom. The molecule has 0 bridgehead atoms. The van der Waals surface area contributed by atoms with Gasteiger partial charge in [0.1, 0.15) is 0 Å². The molecule has 3 heteroatoms. The normalized spacial score (nSPS) is 10.2. The molecule has 0 atom stereocenters. The fourth-order valence-electron chi connectivity index (χ4n) is 2.04. The van der Waals surface area contributed by atoms with Gasteiger partial charge in [0, 0.05) is 17.8 Å². The number of carbonyl (C=O) groups is 1. The summed E-state index contributed by atoms with van der Waals surface area (Å²) in [4.78, 5) is 11.9. The van der Waals surface area contributed by atoms with Crippen molar-refractivity contribution in [2.24, 2.45) is 0 Å². The van der Waals surface area contributed by atoms with Gasteiger partial charge in [-0.15, -0.1) is 0 Å². The fourth-order valence-corrected chi connectivity index (χ4v) is 2.04. The summed E-state index contributed by atoms with van der Waals surface area (Å²) in [5, 5.41) is 2.91. The van der Waals surface area contributed by atoms with Crippen LogP contribution in [-0.4, -0.2) is 12.5 Å². The number of aryl methyl sites for hydroxylation is 1. The van der Waals surface area contributed by atoms with Crippen LogP contribution in [0, 0.1) is 0 Å². The van der Waals surface area contributed by atoms with Gasteiger partial charge in [-0.25, -0.2) is 0 Å². The molecule has 0 aliphatic carbocycles. The van der Waals surface area contributed by atoms with Gasteiger partial charge in [0.05, 0.1) is 0 Å². The Bertz CT molecular complexity index is 576. The van der Waals surface area contributed by atoms with Crippen LogP contribution in [0.4, 0.5) is 5.69 Å². The Morgan fingerprint density at radius 1 is 1.10 bits per heavy atom. The molecule has 20 heavy (non-hydrogen) atoms. The molecular formula is C17H20N2O. The Labute approximate surface area is 119 Å². The molecule has 3 nitrogen and oxygen atoms in total. The highest BCUT2D eigenvalue weighted by Gasteiger charge is 2.04. The number of hydrogen-bond donors (Lipinski definition) is 2. The van der Waals surface area contributed by atoms with Crippen molar-refractivity contribution >= 4 is 11.6 Å². The zero-order chi connectivity index (χ0) is 14.4. The van der Waals surface area contributed by atoms with E-state index in [2.05, 4.69) is 36.5 Å². The molecule has 2 aromatic carbocycles. The third kappa shape index (κ3) is 3.85. The zero-order valence-electron chi connectivity index (χ0n) is 11.7. The number of anilines is 1. The summed E-state index contributed by atoms with van der Waals surface area (Å²) in [6.07, 6.45) is 1.88. The van der Waals surface area contributed by atoms with Crippen LogP contribution in [0.3, 0.4) is 0 Å². The maximum absolute atomic E-state index is 11.9. The van der Waals surface area contributed by atoms with Crippen LogP contribution in [0.2, 0.25) is 0 Å². The van der Waals surface area contributed by atoms with Gasteiger partial charge in [-0.1, -0.05) is 37.3 Å². The molecule has 0 spiro atoms. The number of nitrogen functional groups attached to an aromatic ring is 1. The Balaban J connectivity index is 1.84. The van der Waals surface area contributed by atoms with Crippen molar-refractivity contribution in [1.82, 2.24) is 5.32 Å². The molecule has 0 aliphatic rings. The lowest BCUT2D eigenvalue weighted by molar-refractivity contribution is 0.0954. The average molecular weight is 268 g/mol. The summed E-state index contributed by atoms with van der Waals surface area (Å²) in [7, 11) is 0. The van der Waals surface area contributed by atoms with Crippen LogP contribution < -0.4 is 11.1 Å².